The number of hydrogen-bond donors (Lipinski definition) is 2. The Hall–Kier alpha value is -3.72. The molecule has 2 aromatic rings. The number of anilines is 1. The molecule has 1 aromatic carbocycles. The molecule has 0 unspecified atom stereocenters. The Morgan fingerprint density at radius 2 is 1.83 bits per heavy atom. The summed E-state index contributed by atoms with van der Waals surface area (Å²) in [7, 11) is 1.17. The summed E-state index contributed by atoms with van der Waals surface area (Å²) in [6, 6.07) is 9.19. The van der Waals surface area contributed by atoms with E-state index in [-0.39, 0.29) is 29.8 Å². The molecule has 0 bridgehead atoms. The molecular weight excluding hydrogens is 406 g/mol. The number of carbonyl (C=O) groups is 4. The van der Waals surface area contributed by atoms with E-state index in [2.05, 4.69) is 28.5 Å². The fourth-order valence-corrected chi connectivity index (χ4v) is 4.01. The Bertz CT molecular complexity index is 1080. The SMILES string of the molecule is C=C(NC(=O)C(=C)N1Cc2cc(-c3ccc(NC(C)=O)cc3)sc2C1=O)C(=O)OC. The summed E-state index contributed by atoms with van der Waals surface area (Å²) >= 11 is 1.32. The van der Waals surface area contributed by atoms with Gasteiger partial charge < -0.3 is 15.4 Å². The highest BCUT2D eigenvalue weighted by Gasteiger charge is 2.34. The molecule has 3 rings (SSSR count). The lowest BCUT2D eigenvalue weighted by Crippen LogP contribution is -2.36. The zero-order valence-corrected chi connectivity index (χ0v) is 17.2. The van der Waals surface area contributed by atoms with Crippen LogP contribution in [0.15, 0.2) is 54.9 Å². The summed E-state index contributed by atoms with van der Waals surface area (Å²) in [6.45, 7) is 8.73. The van der Waals surface area contributed by atoms with Gasteiger partial charge in [-0.1, -0.05) is 25.3 Å². The van der Waals surface area contributed by atoms with Crippen LogP contribution in [0.2, 0.25) is 0 Å². The monoisotopic (exact) mass is 425 g/mol. The van der Waals surface area contributed by atoms with Gasteiger partial charge in [0, 0.05) is 17.5 Å². The molecule has 0 saturated heterocycles. The van der Waals surface area contributed by atoms with Gasteiger partial charge in [-0.2, -0.15) is 0 Å². The Morgan fingerprint density at radius 3 is 2.40 bits per heavy atom. The Balaban J connectivity index is 1.71. The van der Waals surface area contributed by atoms with Gasteiger partial charge in [-0.25, -0.2) is 4.79 Å². The zero-order chi connectivity index (χ0) is 22.0. The number of hydrogen-bond acceptors (Lipinski definition) is 6. The number of nitrogens with zero attached hydrogens (tertiary/aromatic N) is 1. The Labute approximate surface area is 176 Å². The molecular formula is C21H19N3O5S. The van der Waals surface area contributed by atoms with Gasteiger partial charge in [-0.05, 0) is 29.3 Å². The first-order valence-electron chi connectivity index (χ1n) is 8.81. The highest BCUT2D eigenvalue weighted by molar-refractivity contribution is 7.17. The van der Waals surface area contributed by atoms with Crippen LogP contribution in [0.4, 0.5) is 5.69 Å². The molecule has 1 aliphatic rings. The summed E-state index contributed by atoms with van der Waals surface area (Å²) in [5.41, 5.74) is 2.05. The van der Waals surface area contributed by atoms with Crippen LogP contribution >= 0.6 is 11.3 Å². The van der Waals surface area contributed by atoms with Crippen LogP contribution in [0.1, 0.15) is 22.2 Å². The second-order valence-electron chi connectivity index (χ2n) is 6.49. The van der Waals surface area contributed by atoms with Crippen LogP contribution in [0.25, 0.3) is 10.4 Å². The first-order valence-corrected chi connectivity index (χ1v) is 9.63. The van der Waals surface area contributed by atoms with Crippen molar-refractivity contribution in [2.24, 2.45) is 0 Å². The van der Waals surface area contributed by atoms with E-state index >= 15 is 0 Å². The maximum atomic E-state index is 12.8. The largest absolute Gasteiger partial charge is 0.464 e. The molecule has 0 radical (unpaired) electrons. The van der Waals surface area contributed by atoms with Crippen molar-refractivity contribution in [3.8, 4) is 10.4 Å². The minimum absolute atomic E-state index is 0.0883. The highest BCUT2D eigenvalue weighted by atomic mass is 32.1. The number of thiophene rings is 1. The van der Waals surface area contributed by atoms with Gasteiger partial charge in [0.1, 0.15) is 11.4 Å². The standard InChI is InChI=1S/C21H19N3O5S/c1-11(21(28)29-4)22-19(26)12(2)24-10-15-9-17(30-18(15)20(24)27)14-5-7-16(8-6-14)23-13(3)25/h5-9H,1-2,10H2,3-4H3,(H,22,26)(H,23,25). The van der Waals surface area contributed by atoms with Crippen molar-refractivity contribution in [3.63, 3.8) is 0 Å². The van der Waals surface area contributed by atoms with Gasteiger partial charge in [-0.15, -0.1) is 11.3 Å². The molecule has 2 N–H and O–H groups in total. The van der Waals surface area contributed by atoms with E-state index in [0.29, 0.717) is 10.6 Å². The minimum Gasteiger partial charge on any atom is -0.464 e. The van der Waals surface area contributed by atoms with Crippen LogP contribution in [-0.4, -0.2) is 35.7 Å². The van der Waals surface area contributed by atoms with Crippen molar-refractivity contribution in [2.75, 3.05) is 12.4 Å². The summed E-state index contributed by atoms with van der Waals surface area (Å²) in [5, 5.41) is 4.98. The van der Waals surface area contributed by atoms with Gasteiger partial charge >= 0.3 is 5.97 Å². The third-order valence-corrected chi connectivity index (χ3v) is 5.57. The second-order valence-corrected chi connectivity index (χ2v) is 7.54. The number of amides is 3. The number of fused-ring (bicyclic) bond motifs is 1. The van der Waals surface area contributed by atoms with E-state index in [1.165, 1.54) is 30.3 Å². The van der Waals surface area contributed by atoms with Crippen LogP contribution in [0.3, 0.4) is 0 Å². The first-order chi connectivity index (χ1) is 14.2. The number of carbonyl (C=O) groups excluding carboxylic acids is 4. The second kappa shape index (κ2) is 8.34. The van der Waals surface area contributed by atoms with Gasteiger partial charge in [0.05, 0.1) is 18.5 Å². The molecule has 0 saturated carbocycles. The van der Waals surface area contributed by atoms with E-state index in [0.717, 1.165) is 16.0 Å². The molecule has 2 heterocycles. The predicted molar refractivity (Wildman–Crippen MR) is 112 cm³/mol. The number of methoxy groups -OCH3 is 1. The van der Waals surface area contributed by atoms with Gasteiger partial charge in [-0.3, -0.25) is 19.3 Å². The maximum absolute atomic E-state index is 12.8. The van der Waals surface area contributed by atoms with Crippen molar-refractivity contribution in [1.82, 2.24) is 10.2 Å². The summed E-state index contributed by atoms with van der Waals surface area (Å²) in [6.07, 6.45) is 0. The Morgan fingerprint density at radius 1 is 1.17 bits per heavy atom. The number of esters is 1. The van der Waals surface area contributed by atoms with E-state index in [1.807, 2.05) is 18.2 Å². The molecule has 0 aliphatic carbocycles. The topological polar surface area (TPSA) is 105 Å². The van der Waals surface area contributed by atoms with Crippen LogP contribution < -0.4 is 10.6 Å². The zero-order valence-electron chi connectivity index (χ0n) is 16.4. The molecule has 1 aliphatic heterocycles. The summed E-state index contributed by atoms with van der Waals surface area (Å²) < 4.78 is 4.48. The lowest BCUT2D eigenvalue weighted by Gasteiger charge is -2.18. The molecule has 3 amide bonds. The van der Waals surface area contributed by atoms with E-state index < -0.39 is 11.9 Å². The van der Waals surface area contributed by atoms with Crippen LogP contribution in [0, 0.1) is 0 Å². The van der Waals surface area contributed by atoms with E-state index in [9.17, 15) is 19.2 Å². The maximum Gasteiger partial charge on any atom is 0.353 e. The van der Waals surface area contributed by atoms with Gasteiger partial charge in [0.15, 0.2) is 0 Å². The van der Waals surface area contributed by atoms with Crippen molar-refractivity contribution < 1.29 is 23.9 Å². The number of benzene rings is 1. The molecule has 0 atom stereocenters. The van der Waals surface area contributed by atoms with Crippen molar-refractivity contribution >= 4 is 40.7 Å². The third-order valence-electron chi connectivity index (χ3n) is 4.35. The fourth-order valence-electron chi connectivity index (χ4n) is 2.88. The van der Waals surface area contributed by atoms with Gasteiger partial charge in [0.2, 0.25) is 5.91 Å². The molecule has 8 nitrogen and oxygen atoms in total. The molecule has 1 aromatic heterocycles. The fraction of sp³-hybridized carbons (Fsp3) is 0.143. The summed E-state index contributed by atoms with van der Waals surface area (Å²) in [5.74, 6) is -1.97. The van der Waals surface area contributed by atoms with Crippen molar-refractivity contribution in [3.05, 3.63) is 65.3 Å². The average Bonchev–Trinajstić information content (AvgIpc) is 3.26. The lowest BCUT2D eigenvalue weighted by molar-refractivity contribution is -0.137. The smallest absolute Gasteiger partial charge is 0.353 e. The molecule has 0 fully saturated rings. The number of rotatable bonds is 6. The molecule has 30 heavy (non-hydrogen) atoms. The average molecular weight is 425 g/mol. The number of ether oxygens (including phenoxy) is 1. The third kappa shape index (κ3) is 4.15. The minimum atomic E-state index is -0.780. The molecule has 9 heteroatoms. The summed E-state index contributed by atoms with van der Waals surface area (Å²) in [4.78, 5) is 50.2. The first kappa shape index (κ1) is 21.0. The van der Waals surface area contributed by atoms with Gasteiger partial charge in [0.25, 0.3) is 11.8 Å². The highest BCUT2D eigenvalue weighted by Crippen LogP contribution is 2.38. The normalized spacial score (nSPS) is 12.2. The lowest BCUT2D eigenvalue weighted by atomic mass is 10.1. The van der Waals surface area contributed by atoms with Crippen molar-refractivity contribution in [2.45, 2.75) is 13.5 Å². The van der Waals surface area contributed by atoms with Crippen molar-refractivity contribution in [1.29, 1.82) is 0 Å². The predicted octanol–water partition coefficient (Wildman–Crippen LogP) is 2.65. The van der Waals surface area contributed by atoms with E-state index in [1.54, 1.807) is 12.1 Å². The Kier molecular flexibility index (Phi) is 5.84. The molecule has 0 spiro atoms. The molecule has 154 valence electrons. The van der Waals surface area contributed by atoms with Crippen LogP contribution in [0.5, 0.6) is 0 Å². The number of nitrogens with one attached hydrogen (secondary N) is 2. The van der Waals surface area contributed by atoms with Crippen LogP contribution in [-0.2, 0) is 25.7 Å². The quantitative estimate of drug-likeness (QED) is 0.547. The van der Waals surface area contributed by atoms with E-state index in [4.69, 9.17) is 0 Å².